The summed E-state index contributed by atoms with van der Waals surface area (Å²) >= 11 is 6.40. The molecule has 1 nitrogen and oxygen atoms in total. The third-order valence-corrected chi connectivity index (χ3v) is 5.52. The van der Waals surface area contributed by atoms with Gasteiger partial charge in [-0.1, -0.05) is 33.1 Å². The van der Waals surface area contributed by atoms with Gasteiger partial charge in [0.05, 0.1) is 12.2 Å². The van der Waals surface area contributed by atoms with E-state index in [2.05, 4.69) is 13.8 Å². The lowest BCUT2D eigenvalue weighted by atomic mass is 9.62. The van der Waals surface area contributed by atoms with Crippen molar-refractivity contribution in [3.63, 3.8) is 0 Å². The Morgan fingerprint density at radius 2 is 1.75 bits per heavy atom. The van der Waals surface area contributed by atoms with Crippen molar-refractivity contribution in [3.05, 3.63) is 0 Å². The largest absolute Gasteiger partial charge is 0.374 e. The van der Waals surface area contributed by atoms with E-state index in [1.807, 2.05) is 0 Å². The van der Waals surface area contributed by atoms with Crippen LogP contribution in [0.4, 0.5) is 0 Å². The molecule has 0 saturated heterocycles. The molecule has 2 atom stereocenters. The van der Waals surface area contributed by atoms with Crippen LogP contribution in [0.2, 0.25) is 0 Å². The monoisotopic (exact) mass is 244 g/mol. The van der Waals surface area contributed by atoms with Crippen molar-refractivity contribution in [1.29, 1.82) is 0 Å². The summed E-state index contributed by atoms with van der Waals surface area (Å²) in [6, 6.07) is 0. The second kappa shape index (κ2) is 5.27. The van der Waals surface area contributed by atoms with Crippen molar-refractivity contribution in [2.75, 3.05) is 0 Å². The molecule has 2 unspecified atom stereocenters. The van der Waals surface area contributed by atoms with E-state index in [1.54, 1.807) is 0 Å². The maximum Gasteiger partial charge on any atom is 0.0663 e. The number of rotatable bonds is 4. The minimum absolute atomic E-state index is 0.277. The van der Waals surface area contributed by atoms with Gasteiger partial charge < -0.3 is 4.74 Å². The minimum atomic E-state index is 0.277. The second-order valence-electron chi connectivity index (χ2n) is 5.53. The van der Waals surface area contributed by atoms with E-state index >= 15 is 0 Å². The molecule has 2 aliphatic rings. The lowest BCUT2D eigenvalue weighted by Gasteiger charge is -2.54. The van der Waals surface area contributed by atoms with Crippen molar-refractivity contribution in [2.24, 2.45) is 5.41 Å². The Labute approximate surface area is 105 Å². The third-order valence-electron chi connectivity index (χ3n) is 4.91. The van der Waals surface area contributed by atoms with Crippen LogP contribution in [0, 0.1) is 5.41 Å². The van der Waals surface area contributed by atoms with Crippen molar-refractivity contribution in [3.8, 4) is 0 Å². The van der Waals surface area contributed by atoms with Gasteiger partial charge in [-0.3, -0.25) is 0 Å². The Morgan fingerprint density at radius 1 is 1.12 bits per heavy atom. The van der Waals surface area contributed by atoms with Crippen molar-refractivity contribution in [2.45, 2.75) is 82.8 Å². The smallest absolute Gasteiger partial charge is 0.0663 e. The van der Waals surface area contributed by atoms with Crippen LogP contribution in [0.1, 0.15) is 65.2 Å². The molecule has 2 saturated carbocycles. The van der Waals surface area contributed by atoms with Crippen molar-refractivity contribution < 1.29 is 4.74 Å². The number of ether oxygens (including phenoxy) is 1. The molecule has 0 aromatic heterocycles. The van der Waals surface area contributed by atoms with Crippen LogP contribution in [0.3, 0.4) is 0 Å². The molecule has 0 radical (unpaired) electrons. The van der Waals surface area contributed by atoms with Gasteiger partial charge in [0.1, 0.15) is 0 Å². The molecule has 2 aliphatic carbocycles. The summed E-state index contributed by atoms with van der Waals surface area (Å²) in [5.74, 6) is 0. The highest BCUT2D eigenvalue weighted by atomic mass is 35.5. The average molecular weight is 245 g/mol. The van der Waals surface area contributed by atoms with E-state index < -0.39 is 0 Å². The minimum Gasteiger partial charge on any atom is -0.374 e. The first-order chi connectivity index (χ1) is 7.73. The van der Waals surface area contributed by atoms with Crippen molar-refractivity contribution in [1.82, 2.24) is 0 Å². The number of hydrogen-bond donors (Lipinski definition) is 0. The molecule has 94 valence electrons. The predicted octanol–water partition coefficient (Wildman–Crippen LogP) is 4.52. The molecule has 0 aliphatic heterocycles. The Bertz CT molecular complexity index is 219. The van der Waals surface area contributed by atoms with E-state index in [9.17, 15) is 0 Å². The fourth-order valence-corrected chi connectivity index (χ4v) is 4.08. The van der Waals surface area contributed by atoms with Crippen LogP contribution in [0.5, 0.6) is 0 Å². The Balaban J connectivity index is 1.89. The summed E-state index contributed by atoms with van der Waals surface area (Å²) in [4.78, 5) is 0. The van der Waals surface area contributed by atoms with Crippen LogP contribution in [0.25, 0.3) is 0 Å². The number of alkyl halides is 1. The molecule has 2 rings (SSSR count). The summed E-state index contributed by atoms with van der Waals surface area (Å²) in [6.45, 7) is 4.52. The van der Waals surface area contributed by atoms with Gasteiger partial charge in [0.2, 0.25) is 0 Å². The second-order valence-corrected chi connectivity index (χ2v) is 6.06. The maximum atomic E-state index is 6.40. The standard InChI is InChI=1S/C14H25ClO/c1-3-14(4-2)12(15)10-13(14)16-11-8-6-5-7-9-11/h11-13H,3-10H2,1-2H3. The number of hydrogen-bond acceptors (Lipinski definition) is 1. The molecule has 0 aromatic rings. The zero-order chi connectivity index (χ0) is 11.6. The molecule has 0 bridgehead atoms. The van der Waals surface area contributed by atoms with Crippen LogP contribution in [-0.2, 0) is 4.74 Å². The normalized spacial score (nSPS) is 34.7. The van der Waals surface area contributed by atoms with Crippen LogP contribution >= 0.6 is 11.6 Å². The molecule has 0 N–H and O–H groups in total. The van der Waals surface area contributed by atoms with Gasteiger partial charge in [0.15, 0.2) is 0 Å². The fraction of sp³-hybridized carbons (Fsp3) is 1.00. The van der Waals surface area contributed by atoms with Gasteiger partial charge in [0.25, 0.3) is 0 Å². The highest BCUT2D eigenvalue weighted by Crippen LogP contribution is 2.52. The molecule has 0 amide bonds. The molecule has 2 fully saturated rings. The molecule has 16 heavy (non-hydrogen) atoms. The molecule has 2 heteroatoms. The molecule has 0 aromatic carbocycles. The molecular formula is C14H25ClO. The summed E-state index contributed by atoms with van der Waals surface area (Å²) in [6.07, 6.45) is 11.0. The van der Waals surface area contributed by atoms with Gasteiger partial charge in [-0.15, -0.1) is 11.6 Å². The summed E-state index contributed by atoms with van der Waals surface area (Å²) in [5.41, 5.74) is 0.277. The van der Waals surface area contributed by atoms with Crippen LogP contribution in [-0.4, -0.2) is 17.6 Å². The van der Waals surface area contributed by atoms with Crippen molar-refractivity contribution >= 4 is 11.6 Å². The number of halogens is 1. The fourth-order valence-electron chi connectivity index (χ4n) is 3.47. The van der Waals surface area contributed by atoms with E-state index in [0.29, 0.717) is 17.6 Å². The lowest BCUT2D eigenvalue weighted by Crippen LogP contribution is -2.56. The van der Waals surface area contributed by atoms with Crippen LogP contribution in [0.15, 0.2) is 0 Å². The predicted molar refractivity (Wildman–Crippen MR) is 69.0 cm³/mol. The van der Waals surface area contributed by atoms with Gasteiger partial charge in [-0.25, -0.2) is 0 Å². The first-order valence-corrected chi connectivity index (χ1v) is 7.46. The van der Waals surface area contributed by atoms with E-state index in [1.165, 1.54) is 32.1 Å². The van der Waals surface area contributed by atoms with Gasteiger partial charge in [-0.2, -0.15) is 0 Å². The maximum absolute atomic E-state index is 6.40. The summed E-state index contributed by atoms with van der Waals surface area (Å²) in [5, 5.41) is 0.344. The third kappa shape index (κ3) is 2.13. The summed E-state index contributed by atoms with van der Waals surface area (Å²) in [7, 11) is 0. The zero-order valence-electron chi connectivity index (χ0n) is 10.7. The van der Waals surface area contributed by atoms with Crippen LogP contribution < -0.4 is 0 Å². The van der Waals surface area contributed by atoms with Gasteiger partial charge in [0, 0.05) is 10.8 Å². The first-order valence-electron chi connectivity index (χ1n) is 7.02. The van der Waals surface area contributed by atoms with E-state index in [4.69, 9.17) is 16.3 Å². The highest BCUT2D eigenvalue weighted by Gasteiger charge is 2.53. The first kappa shape index (κ1) is 12.7. The Hall–Kier alpha value is 0.250. The SMILES string of the molecule is CCC1(CC)C(Cl)CC1OC1CCCCC1. The Kier molecular flexibility index (Phi) is 4.18. The summed E-state index contributed by atoms with van der Waals surface area (Å²) < 4.78 is 6.31. The van der Waals surface area contributed by atoms with E-state index in [0.717, 1.165) is 19.3 Å². The zero-order valence-corrected chi connectivity index (χ0v) is 11.4. The average Bonchev–Trinajstić information content (AvgIpc) is 2.32. The highest BCUT2D eigenvalue weighted by molar-refractivity contribution is 6.21. The molecular weight excluding hydrogens is 220 g/mol. The molecule has 0 heterocycles. The van der Waals surface area contributed by atoms with E-state index in [-0.39, 0.29) is 5.41 Å². The lowest BCUT2D eigenvalue weighted by molar-refractivity contribution is -0.149. The van der Waals surface area contributed by atoms with Gasteiger partial charge >= 0.3 is 0 Å². The van der Waals surface area contributed by atoms with Gasteiger partial charge in [-0.05, 0) is 32.1 Å². The Morgan fingerprint density at radius 3 is 2.25 bits per heavy atom. The molecule has 0 spiro atoms. The topological polar surface area (TPSA) is 9.23 Å². The quantitative estimate of drug-likeness (QED) is 0.661.